The van der Waals surface area contributed by atoms with Gasteiger partial charge in [0.2, 0.25) is 0 Å². The second-order valence-electron chi connectivity index (χ2n) is 5.95. The molecule has 0 radical (unpaired) electrons. The Morgan fingerprint density at radius 3 is 2.50 bits per heavy atom. The smallest absolute Gasteiger partial charge is 0.191 e. The van der Waals surface area contributed by atoms with E-state index in [1.165, 1.54) is 12.8 Å². The molecular formula is C15H32N4O. The van der Waals surface area contributed by atoms with Gasteiger partial charge in [0.25, 0.3) is 0 Å². The van der Waals surface area contributed by atoms with Crippen molar-refractivity contribution in [1.82, 2.24) is 15.5 Å². The summed E-state index contributed by atoms with van der Waals surface area (Å²) >= 11 is 0. The Morgan fingerprint density at radius 2 is 2.00 bits per heavy atom. The van der Waals surface area contributed by atoms with Crippen molar-refractivity contribution < 1.29 is 4.74 Å². The van der Waals surface area contributed by atoms with Crippen LogP contribution < -0.4 is 10.6 Å². The maximum atomic E-state index is 5.40. The zero-order valence-electron chi connectivity index (χ0n) is 13.8. The van der Waals surface area contributed by atoms with Gasteiger partial charge in [0.1, 0.15) is 0 Å². The summed E-state index contributed by atoms with van der Waals surface area (Å²) in [6.45, 7) is 13.1. The Kier molecular flexibility index (Phi) is 7.30. The van der Waals surface area contributed by atoms with E-state index in [9.17, 15) is 0 Å². The predicted molar refractivity (Wildman–Crippen MR) is 85.3 cm³/mol. The lowest BCUT2D eigenvalue weighted by Crippen LogP contribution is -2.43. The van der Waals surface area contributed by atoms with E-state index in [0.717, 1.165) is 38.2 Å². The molecule has 2 N–H and O–H groups in total. The number of likely N-dealkylation sites (N-methyl/N-ethyl adjacent to an activating group) is 1. The van der Waals surface area contributed by atoms with Crippen molar-refractivity contribution in [3.63, 3.8) is 0 Å². The van der Waals surface area contributed by atoms with Gasteiger partial charge in [-0.3, -0.25) is 9.89 Å². The fourth-order valence-corrected chi connectivity index (χ4v) is 2.03. The van der Waals surface area contributed by atoms with E-state index in [0.29, 0.717) is 6.54 Å². The Morgan fingerprint density at radius 1 is 1.30 bits per heavy atom. The van der Waals surface area contributed by atoms with Gasteiger partial charge in [-0.25, -0.2) is 0 Å². The highest BCUT2D eigenvalue weighted by atomic mass is 16.5. The van der Waals surface area contributed by atoms with Gasteiger partial charge in [0.05, 0.1) is 12.1 Å². The van der Waals surface area contributed by atoms with Crippen molar-refractivity contribution in [3.8, 4) is 0 Å². The molecule has 0 atom stereocenters. The summed E-state index contributed by atoms with van der Waals surface area (Å²) in [5, 5.41) is 6.69. The number of nitrogens with one attached hydrogen (secondary N) is 2. The predicted octanol–water partition coefficient (Wildman–Crippen LogP) is 1.45. The number of guanidine groups is 1. The van der Waals surface area contributed by atoms with Crippen molar-refractivity contribution in [2.24, 2.45) is 4.99 Å². The molecule has 0 spiro atoms. The number of nitrogens with zero attached hydrogens (tertiary/aromatic N) is 2. The highest BCUT2D eigenvalue weighted by Gasteiger charge is 2.27. The maximum Gasteiger partial charge on any atom is 0.191 e. The molecule has 1 aliphatic rings. The van der Waals surface area contributed by atoms with Gasteiger partial charge in [-0.2, -0.15) is 0 Å². The van der Waals surface area contributed by atoms with E-state index in [4.69, 9.17) is 4.74 Å². The molecule has 1 fully saturated rings. The van der Waals surface area contributed by atoms with Crippen molar-refractivity contribution in [3.05, 3.63) is 0 Å². The fourth-order valence-electron chi connectivity index (χ4n) is 2.03. The third-order valence-corrected chi connectivity index (χ3v) is 3.68. The SMILES string of the molecule is CCNC(=NCC(C)(C)OC)NCCN(CC)C1CC1. The van der Waals surface area contributed by atoms with Gasteiger partial charge in [-0.05, 0) is 40.2 Å². The average Bonchev–Trinajstić information content (AvgIpc) is 3.25. The standard InChI is InChI=1S/C15H32N4O/c1-6-16-14(18-12-15(3,4)20-5)17-10-11-19(7-2)13-8-9-13/h13H,6-12H2,1-5H3,(H2,16,17,18). The molecular weight excluding hydrogens is 252 g/mol. The molecule has 0 aromatic heterocycles. The molecule has 0 saturated heterocycles. The van der Waals surface area contributed by atoms with E-state index in [-0.39, 0.29) is 5.60 Å². The molecule has 0 bridgehead atoms. The zero-order valence-corrected chi connectivity index (χ0v) is 13.8. The quantitative estimate of drug-likeness (QED) is 0.497. The molecule has 0 aromatic carbocycles. The first-order valence-electron chi connectivity index (χ1n) is 7.83. The van der Waals surface area contributed by atoms with E-state index in [1.54, 1.807) is 7.11 Å². The number of rotatable bonds is 9. The van der Waals surface area contributed by atoms with Crippen LogP contribution in [0, 0.1) is 0 Å². The van der Waals surface area contributed by atoms with E-state index in [2.05, 4.69) is 34.4 Å². The van der Waals surface area contributed by atoms with Crippen LogP contribution in [0.3, 0.4) is 0 Å². The summed E-state index contributed by atoms with van der Waals surface area (Å²) in [7, 11) is 1.73. The van der Waals surface area contributed by atoms with Crippen LogP contribution in [0.15, 0.2) is 4.99 Å². The minimum atomic E-state index is -0.216. The molecule has 5 heteroatoms. The number of ether oxygens (including phenoxy) is 1. The van der Waals surface area contributed by atoms with Crippen LogP contribution >= 0.6 is 0 Å². The van der Waals surface area contributed by atoms with E-state index in [1.807, 2.05) is 13.8 Å². The molecule has 1 rings (SSSR count). The van der Waals surface area contributed by atoms with Crippen LogP contribution in [-0.2, 0) is 4.74 Å². The molecule has 20 heavy (non-hydrogen) atoms. The lowest BCUT2D eigenvalue weighted by atomic mass is 10.1. The van der Waals surface area contributed by atoms with Crippen LogP contribution in [0.5, 0.6) is 0 Å². The van der Waals surface area contributed by atoms with Gasteiger partial charge in [0.15, 0.2) is 5.96 Å². The Bertz CT molecular complexity index is 300. The third kappa shape index (κ3) is 6.57. The average molecular weight is 284 g/mol. The van der Waals surface area contributed by atoms with Crippen molar-refractivity contribution in [2.45, 2.75) is 52.2 Å². The summed E-state index contributed by atoms with van der Waals surface area (Å²) < 4.78 is 5.40. The molecule has 0 unspecified atom stereocenters. The fraction of sp³-hybridized carbons (Fsp3) is 0.933. The molecule has 5 nitrogen and oxygen atoms in total. The van der Waals surface area contributed by atoms with Gasteiger partial charge in [-0.15, -0.1) is 0 Å². The summed E-state index contributed by atoms with van der Waals surface area (Å²) in [5.41, 5.74) is -0.216. The number of methoxy groups -OCH3 is 1. The molecule has 118 valence electrons. The van der Waals surface area contributed by atoms with Crippen molar-refractivity contribution in [1.29, 1.82) is 0 Å². The van der Waals surface area contributed by atoms with E-state index >= 15 is 0 Å². The lowest BCUT2D eigenvalue weighted by Gasteiger charge is -2.23. The summed E-state index contributed by atoms with van der Waals surface area (Å²) in [5.74, 6) is 0.879. The van der Waals surface area contributed by atoms with Gasteiger partial charge in [-0.1, -0.05) is 6.92 Å². The van der Waals surface area contributed by atoms with Gasteiger partial charge < -0.3 is 15.4 Å². The van der Waals surface area contributed by atoms with Gasteiger partial charge >= 0.3 is 0 Å². The Balaban J connectivity index is 2.35. The second kappa shape index (κ2) is 8.47. The van der Waals surface area contributed by atoms with Crippen LogP contribution in [0.4, 0.5) is 0 Å². The van der Waals surface area contributed by atoms with E-state index < -0.39 is 0 Å². The normalized spacial score (nSPS) is 16.6. The first-order valence-corrected chi connectivity index (χ1v) is 7.83. The minimum Gasteiger partial charge on any atom is -0.377 e. The molecule has 0 heterocycles. The summed E-state index contributed by atoms with van der Waals surface area (Å²) in [6.07, 6.45) is 2.73. The monoisotopic (exact) mass is 284 g/mol. The highest BCUT2D eigenvalue weighted by molar-refractivity contribution is 5.79. The maximum absolute atomic E-state index is 5.40. The highest BCUT2D eigenvalue weighted by Crippen LogP contribution is 2.25. The number of aliphatic imine (C=N–C) groups is 1. The van der Waals surface area contributed by atoms with Crippen molar-refractivity contribution >= 4 is 5.96 Å². The lowest BCUT2D eigenvalue weighted by molar-refractivity contribution is 0.0310. The van der Waals surface area contributed by atoms with Crippen LogP contribution in [0.1, 0.15) is 40.5 Å². The first-order chi connectivity index (χ1) is 9.52. The van der Waals surface area contributed by atoms with Crippen LogP contribution in [0.2, 0.25) is 0 Å². The minimum absolute atomic E-state index is 0.216. The van der Waals surface area contributed by atoms with Crippen molar-refractivity contribution in [2.75, 3.05) is 39.8 Å². The first kappa shape index (κ1) is 17.2. The van der Waals surface area contributed by atoms with Crippen LogP contribution in [-0.4, -0.2) is 62.3 Å². The molecule has 0 aliphatic heterocycles. The topological polar surface area (TPSA) is 48.9 Å². The van der Waals surface area contributed by atoms with Gasteiger partial charge in [0, 0.05) is 32.8 Å². The molecule has 1 aliphatic carbocycles. The molecule has 0 aromatic rings. The Hall–Kier alpha value is -0.810. The number of hydrogen-bond donors (Lipinski definition) is 2. The van der Waals surface area contributed by atoms with Crippen LogP contribution in [0.25, 0.3) is 0 Å². The summed E-state index contributed by atoms with van der Waals surface area (Å²) in [4.78, 5) is 7.13. The molecule has 1 saturated carbocycles. The largest absolute Gasteiger partial charge is 0.377 e. The Labute approximate surface area is 124 Å². The molecule has 0 amide bonds. The second-order valence-corrected chi connectivity index (χ2v) is 5.95. The third-order valence-electron chi connectivity index (χ3n) is 3.68. The summed E-state index contributed by atoms with van der Waals surface area (Å²) in [6, 6.07) is 0.828. The zero-order chi connectivity index (χ0) is 15.0. The number of hydrogen-bond acceptors (Lipinski definition) is 3.